The molecule has 0 unspecified atom stereocenters. The monoisotopic (exact) mass is 248 g/mol. The number of hydrogen-bond acceptors (Lipinski definition) is 4. The van der Waals surface area contributed by atoms with Crippen molar-refractivity contribution >= 4 is 11.8 Å². The predicted octanol–water partition coefficient (Wildman–Crippen LogP) is 1.92. The highest BCUT2D eigenvalue weighted by Crippen LogP contribution is 2.18. The molecule has 0 radical (unpaired) electrons. The molecule has 2 rings (SSSR count). The topological polar surface area (TPSA) is 53.6 Å². The number of nitrogens with zero attached hydrogens (tertiary/aromatic N) is 2. The van der Waals surface area contributed by atoms with E-state index in [1.54, 1.807) is 0 Å². The summed E-state index contributed by atoms with van der Waals surface area (Å²) < 4.78 is 0. The summed E-state index contributed by atoms with van der Waals surface area (Å²) in [7, 11) is 0. The summed E-state index contributed by atoms with van der Waals surface area (Å²) in [5.74, 6) is 1.11. The van der Waals surface area contributed by atoms with Crippen LogP contribution in [0.2, 0.25) is 0 Å². The third-order valence-electron chi connectivity index (χ3n) is 2.44. The van der Waals surface area contributed by atoms with Crippen LogP contribution >= 0.6 is 11.8 Å². The molecule has 1 aromatic carbocycles. The van der Waals surface area contributed by atoms with E-state index in [1.807, 2.05) is 42.1 Å². The van der Waals surface area contributed by atoms with E-state index in [2.05, 4.69) is 27.0 Å². The lowest BCUT2D eigenvalue weighted by molar-refractivity contribution is 0.712. The number of aromatic nitrogens is 3. The third kappa shape index (κ3) is 3.31. The standard InChI is InChI=1S/C12H16N4S/c1-17-8-7-13-9-11-12(15-16-14-11)10-5-3-2-4-6-10/h2-6,13H,7-9H2,1H3,(H,14,15,16). The summed E-state index contributed by atoms with van der Waals surface area (Å²) in [5, 5.41) is 14.4. The smallest absolute Gasteiger partial charge is 0.117 e. The average Bonchev–Trinajstić information content (AvgIpc) is 2.84. The zero-order chi connectivity index (χ0) is 11.9. The van der Waals surface area contributed by atoms with Gasteiger partial charge < -0.3 is 5.32 Å². The molecule has 2 N–H and O–H groups in total. The molecule has 0 aliphatic carbocycles. The Morgan fingerprint density at radius 1 is 1.24 bits per heavy atom. The molecular formula is C12H16N4S. The molecule has 0 aliphatic rings. The summed E-state index contributed by atoms with van der Waals surface area (Å²) in [6.07, 6.45) is 2.10. The van der Waals surface area contributed by atoms with Gasteiger partial charge in [0.2, 0.25) is 0 Å². The molecule has 0 bridgehead atoms. The SMILES string of the molecule is CSCCNCc1n[nH]nc1-c1ccccc1. The number of aromatic amines is 1. The average molecular weight is 248 g/mol. The van der Waals surface area contributed by atoms with Gasteiger partial charge in [-0.3, -0.25) is 0 Å². The molecule has 1 heterocycles. The van der Waals surface area contributed by atoms with Crippen molar-refractivity contribution in [3.63, 3.8) is 0 Å². The van der Waals surface area contributed by atoms with Crippen LogP contribution in [0, 0.1) is 0 Å². The molecule has 0 saturated carbocycles. The van der Waals surface area contributed by atoms with Crippen molar-refractivity contribution in [3.05, 3.63) is 36.0 Å². The maximum absolute atomic E-state index is 4.20. The van der Waals surface area contributed by atoms with E-state index in [-0.39, 0.29) is 0 Å². The normalized spacial score (nSPS) is 10.6. The van der Waals surface area contributed by atoms with Crippen LogP contribution in [0.25, 0.3) is 11.3 Å². The Bertz CT molecular complexity index is 441. The van der Waals surface area contributed by atoms with Crippen LogP contribution in [0.1, 0.15) is 5.69 Å². The van der Waals surface area contributed by atoms with Crippen LogP contribution in [0.4, 0.5) is 0 Å². The molecule has 0 aliphatic heterocycles. The summed E-state index contributed by atoms with van der Waals surface area (Å²) in [4.78, 5) is 0. The second kappa shape index (κ2) is 6.42. The molecule has 0 atom stereocenters. The van der Waals surface area contributed by atoms with Crippen LogP contribution in [-0.4, -0.2) is 34.0 Å². The third-order valence-corrected chi connectivity index (χ3v) is 3.06. The fourth-order valence-electron chi connectivity index (χ4n) is 1.58. The molecule has 4 nitrogen and oxygen atoms in total. The minimum Gasteiger partial charge on any atom is -0.310 e. The van der Waals surface area contributed by atoms with Gasteiger partial charge in [-0.05, 0) is 6.26 Å². The van der Waals surface area contributed by atoms with Crippen molar-refractivity contribution < 1.29 is 0 Å². The van der Waals surface area contributed by atoms with Crippen molar-refractivity contribution in [2.24, 2.45) is 0 Å². The minimum absolute atomic E-state index is 0.751. The van der Waals surface area contributed by atoms with Gasteiger partial charge in [-0.1, -0.05) is 30.3 Å². The van der Waals surface area contributed by atoms with Crippen LogP contribution in [0.5, 0.6) is 0 Å². The largest absolute Gasteiger partial charge is 0.310 e. The van der Waals surface area contributed by atoms with Crippen LogP contribution < -0.4 is 5.32 Å². The van der Waals surface area contributed by atoms with E-state index in [1.165, 1.54) is 0 Å². The fourth-order valence-corrected chi connectivity index (χ4v) is 1.93. The highest BCUT2D eigenvalue weighted by Gasteiger charge is 2.08. The lowest BCUT2D eigenvalue weighted by atomic mass is 10.1. The summed E-state index contributed by atoms with van der Waals surface area (Å²) >= 11 is 1.83. The second-order valence-electron chi connectivity index (χ2n) is 3.65. The van der Waals surface area contributed by atoms with Crippen molar-refractivity contribution in [1.29, 1.82) is 0 Å². The van der Waals surface area contributed by atoms with Crippen LogP contribution in [-0.2, 0) is 6.54 Å². The first-order valence-electron chi connectivity index (χ1n) is 5.56. The highest BCUT2D eigenvalue weighted by molar-refractivity contribution is 7.98. The van der Waals surface area contributed by atoms with Crippen LogP contribution in [0.15, 0.2) is 30.3 Å². The van der Waals surface area contributed by atoms with Gasteiger partial charge in [-0.25, -0.2) is 0 Å². The Kier molecular flexibility index (Phi) is 4.58. The van der Waals surface area contributed by atoms with E-state index in [9.17, 15) is 0 Å². The first-order chi connectivity index (χ1) is 8.42. The van der Waals surface area contributed by atoms with Gasteiger partial charge in [-0.15, -0.1) is 0 Å². The fraction of sp³-hybridized carbons (Fsp3) is 0.333. The molecule has 17 heavy (non-hydrogen) atoms. The number of H-pyrrole nitrogens is 1. The van der Waals surface area contributed by atoms with Gasteiger partial charge in [0, 0.05) is 24.4 Å². The summed E-state index contributed by atoms with van der Waals surface area (Å²) in [5.41, 5.74) is 3.00. The molecule has 0 fully saturated rings. The van der Waals surface area contributed by atoms with Crippen LogP contribution in [0.3, 0.4) is 0 Å². The van der Waals surface area contributed by atoms with E-state index >= 15 is 0 Å². The van der Waals surface area contributed by atoms with Crippen molar-refractivity contribution in [1.82, 2.24) is 20.7 Å². The Labute approximate surface area is 105 Å². The maximum Gasteiger partial charge on any atom is 0.117 e. The van der Waals surface area contributed by atoms with Crippen molar-refractivity contribution in [3.8, 4) is 11.3 Å². The van der Waals surface area contributed by atoms with Gasteiger partial charge in [-0.2, -0.15) is 27.2 Å². The molecule has 0 saturated heterocycles. The molecule has 0 amide bonds. The second-order valence-corrected chi connectivity index (χ2v) is 4.64. The zero-order valence-corrected chi connectivity index (χ0v) is 10.6. The van der Waals surface area contributed by atoms with Crippen molar-refractivity contribution in [2.45, 2.75) is 6.54 Å². The Morgan fingerprint density at radius 3 is 2.82 bits per heavy atom. The van der Waals surface area contributed by atoms with Crippen molar-refractivity contribution in [2.75, 3.05) is 18.6 Å². The van der Waals surface area contributed by atoms with E-state index < -0.39 is 0 Å². The quantitative estimate of drug-likeness (QED) is 0.767. The molecular weight excluding hydrogens is 232 g/mol. The van der Waals surface area contributed by atoms with Gasteiger partial charge in [0.05, 0.1) is 0 Å². The molecule has 90 valence electrons. The molecule has 1 aromatic heterocycles. The van der Waals surface area contributed by atoms with E-state index in [0.29, 0.717) is 0 Å². The minimum atomic E-state index is 0.751. The van der Waals surface area contributed by atoms with Gasteiger partial charge >= 0.3 is 0 Å². The number of benzene rings is 1. The maximum atomic E-state index is 4.20. The Morgan fingerprint density at radius 2 is 2.06 bits per heavy atom. The number of hydrogen-bond donors (Lipinski definition) is 2. The lowest BCUT2D eigenvalue weighted by Crippen LogP contribution is -2.17. The number of thioether (sulfide) groups is 1. The zero-order valence-electron chi connectivity index (χ0n) is 9.81. The Balaban J connectivity index is 2.02. The van der Waals surface area contributed by atoms with Gasteiger partial charge in [0.15, 0.2) is 0 Å². The predicted molar refractivity (Wildman–Crippen MR) is 71.9 cm³/mol. The summed E-state index contributed by atoms with van der Waals surface area (Å²) in [6.45, 7) is 1.74. The molecule has 0 spiro atoms. The first kappa shape index (κ1) is 12.1. The number of nitrogens with one attached hydrogen (secondary N) is 2. The Hall–Kier alpha value is -1.33. The van der Waals surface area contributed by atoms with E-state index in [4.69, 9.17) is 0 Å². The van der Waals surface area contributed by atoms with Gasteiger partial charge in [0.25, 0.3) is 0 Å². The molecule has 5 heteroatoms. The lowest BCUT2D eigenvalue weighted by Gasteiger charge is -2.02. The molecule has 2 aromatic rings. The van der Waals surface area contributed by atoms with Gasteiger partial charge in [0.1, 0.15) is 11.4 Å². The van der Waals surface area contributed by atoms with E-state index in [0.717, 1.165) is 35.8 Å². The number of rotatable bonds is 6. The highest BCUT2D eigenvalue weighted by atomic mass is 32.2. The summed E-state index contributed by atoms with van der Waals surface area (Å²) in [6, 6.07) is 10.1. The first-order valence-corrected chi connectivity index (χ1v) is 6.96.